The molecule has 0 saturated heterocycles. The molecule has 1 unspecified atom stereocenters. The molecule has 0 aliphatic heterocycles. The van der Waals surface area contributed by atoms with Gasteiger partial charge in [0.25, 0.3) is 0 Å². The van der Waals surface area contributed by atoms with Crippen molar-refractivity contribution in [3.05, 3.63) is 0 Å². The Labute approximate surface area is 131 Å². The fourth-order valence-corrected chi connectivity index (χ4v) is 1.69. The summed E-state index contributed by atoms with van der Waals surface area (Å²) in [5, 5.41) is 6.67. The Morgan fingerprint density at radius 3 is 2.10 bits per heavy atom. The summed E-state index contributed by atoms with van der Waals surface area (Å²) in [5.41, 5.74) is 0.134. The van der Waals surface area contributed by atoms with E-state index < -0.39 is 0 Å². The smallest absolute Gasteiger partial charge is 0.191 e. The van der Waals surface area contributed by atoms with Gasteiger partial charge < -0.3 is 20.3 Å². The molecule has 0 rings (SSSR count). The Balaban J connectivity index is 4.69. The Bertz CT molecular complexity index is 319. The summed E-state index contributed by atoms with van der Waals surface area (Å²) in [6.07, 6.45) is 0.142. The van der Waals surface area contributed by atoms with Gasteiger partial charge in [0.2, 0.25) is 0 Å². The third-order valence-corrected chi connectivity index (χ3v) is 3.88. The van der Waals surface area contributed by atoms with Crippen LogP contribution in [0.25, 0.3) is 0 Å². The molecule has 21 heavy (non-hydrogen) atoms. The fourth-order valence-electron chi connectivity index (χ4n) is 1.69. The van der Waals surface area contributed by atoms with E-state index in [2.05, 4.69) is 71.2 Å². The molecule has 1 atom stereocenters. The first kappa shape index (κ1) is 20.2. The first-order valence-electron chi connectivity index (χ1n) is 7.77. The minimum absolute atomic E-state index is 0.0348. The molecule has 0 amide bonds. The van der Waals surface area contributed by atoms with Crippen LogP contribution in [0.5, 0.6) is 0 Å². The van der Waals surface area contributed by atoms with Crippen molar-refractivity contribution in [2.24, 2.45) is 10.4 Å². The summed E-state index contributed by atoms with van der Waals surface area (Å²) in [6, 6.07) is 0. The van der Waals surface area contributed by atoms with E-state index in [9.17, 15) is 0 Å². The topological polar surface area (TPSA) is 48.9 Å². The Morgan fingerprint density at radius 1 is 1.14 bits per heavy atom. The summed E-state index contributed by atoms with van der Waals surface area (Å²) < 4.78 is 5.57. The second-order valence-corrected chi connectivity index (χ2v) is 7.37. The van der Waals surface area contributed by atoms with Crippen LogP contribution < -0.4 is 10.6 Å². The third kappa shape index (κ3) is 7.67. The monoisotopic (exact) mass is 300 g/mol. The van der Waals surface area contributed by atoms with Crippen molar-refractivity contribution < 1.29 is 4.74 Å². The van der Waals surface area contributed by atoms with E-state index in [0.29, 0.717) is 0 Å². The summed E-state index contributed by atoms with van der Waals surface area (Å²) >= 11 is 0. The number of hydrogen-bond donors (Lipinski definition) is 2. The highest BCUT2D eigenvalue weighted by molar-refractivity contribution is 5.79. The van der Waals surface area contributed by atoms with Crippen LogP contribution in [-0.2, 0) is 4.74 Å². The van der Waals surface area contributed by atoms with E-state index in [1.54, 1.807) is 7.11 Å². The van der Waals surface area contributed by atoms with E-state index in [-0.39, 0.29) is 17.1 Å². The molecule has 0 aromatic carbocycles. The number of guanidine groups is 1. The maximum atomic E-state index is 5.57. The van der Waals surface area contributed by atoms with Crippen molar-refractivity contribution in [1.82, 2.24) is 15.5 Å². The largest absolute Gasteiger partial charge is 0.379 e. The number of aliphatic imine (C=N–C) groups is 1. The quantitative estimate of drug-likeness (QED) is 0.557. The number of methoxy groups -OCH3 is 1. The molecule has 0 saturated carbocycles. The number of nitrogens with one attached hydrogen (secondary N) is 2. The van der Waals surface area contributed by atoms with Gasteiger partial charge in [0.05, 0.1) is 12.6 Å². The van der Waals surface area contributed by atoms with E-state index >= 15 is 0 Å². The average molecular weight is 300 g/mol. The normalized spacial score (nSPS) is 15.2. The van der Waals surface area contributed by atoms with Crippen molar-refractivity contribution in [3.63, 3.8) is 0 Å². The van der Waals surface area contributed by atoms with E-state index in [1.165, 1.54) is 0 Å². The van der Waals surface area contributed by atoms with Gasteiger partial charge in [0, 0.05) is 25.7 Å². The van der Waals surface area contributed by atoms with Crippen molar-refractivity contribution in [3.8, 4) is 0 Å². The highest BCUT2D eigenvalue weighted by atomic mass is 16.5. The third-order valence-electron chi connectivity index (χ3n) is 3.88. The summed E-state index contributed by atoms with van der Waals surface area (Å²) in [5.74, 6) is 0.846. The molecule has 126 valence electrons. The van der Waals surface area contributed by atoms with Gasteiger partial charge in [-0.05, 0) is 40.3 Å². The van der Waals surface area contributed by atoms with Crippen LogP contribution in [0.2, 0.25) is 0 Å². The van der Waals surface area contributed by atoms with Crippen molar-refractivity contribution >= 4 is 5.96 Å². The molecule has 5 nitrogen and oxygen atoms in total. The van der Waals surface area contributed by atoms with Gasteiger partial charge >= 0.3 is 0 Å². The standard InChI is InChI=1S/C16H36N4O/c1-10-17-14(19-12-16(5,6)20(7)8)18-11-13(21-9)15(2,3)4/h13H,10-12H2,1-9H3,(H2,17,18,19). The van der Waals surface area contributed by atoms with Gasteiger partial charge in [-0.3, -0.25) is 4.99 Å². The number of hydrogen-bond acceptors (Lipinski definition) is 3. The average Bonchev–Trinajstić information content (AvgIpc) is 2.34. The van der Waals surface area contributed by atoms with Crippen molar-refractivity contribution in [2.45, 2.75) is 53.2 Å². The lowest BCUT2D eigenvalue weighted by molar-refractivity contribution is 0.0205. The number of nitrogens with zero attached hydrogens (tertiary/aromatic N) is 2. The van der Waals surface area contributed by atoms with Crippen LogP contribution in [0.4, 0.5) is 0 Å². The SMILES string of the molecule is CCNC(=NCC(C)(C)N(C)C)NCC(OC)C(C)(C)C. The highest BCUT2D eigenvalue weighted by Crippen LogP contribution is 2.20. The van der Waals surface area contributed by atoms with E-state index in [0.717, 1.165) is 25.6 Å². The molecule has 0 bridgehead atoms. The minimum atomic E-state index is 0.0348. The Morgan fingerprint density at radius 2 is 1.71 bits per heavy atom. The number of likely N-dealkylation sites (N-methyl/N-ethyl adjacent to an activating group) is 1. The van der Waals surface area contributed by atoms with E-state index in [1.807, 2.05) is 0 Å². The fraction of sp³-hybridized carbons (Fsp3) is 0.938. The first-order valence-corrected chi connectivity index (χ1v) is 7.77. The molecule has 0 aromatic rings. The summed E-state index contributed by atoms with van der Waals surface area (Å²) in [4.78, 5) is 6.88. The molecule has 0 heterocycles. The minimum Gasteiger partial charge on any atom is -0.379 e. The molecular weight excluding hydrogens is 264 g/mol. The van der Waals surface area contributed by atoms with Crippen LogP contribution in [0.15, 0.2) is 4.99 Å². The highest BCUT2D eigenvalue weighted by Gasteiger charge is 2.24. The van der Waals surface area contributed by atoms with Gasteiger partial charge in [-0.25, -0.2) is 0 Å². The molecule has 0 fully saturated rings. The molecule has 0 aliphatic rings. The first-order chi connectivity index (χ1) is 9.54. The summed E-state index contributed by atoms with van der Waals surface area (Å²) in [6.45, 7) is 15.3. The predicted octanol–water partition coefficient (Wildman–Crippen LogP) is 1.94. The van der Waals surface area contributed by atoms with Gasteiger partial charge in [-0.15, -0.1) is 0 Å². The molecule has 5 heteroatoms. The van der Waals surface area contributed by atoms with Gasteiger partial charge in [0.15, 0.2) is 5.96 Å². The van der Waals surface area contributed by atoms with Crippen LogP contribution in [0.3, 0.4) is 0 Å². The van der Waals surface area contributed by atoms with Gasteiger partial charge in [0.1, 0.15) is 0 Å². The van der Waals surface area contributed by atoms with Crippen LogP contribution >= 0.6 is 0 Å². The van der Waals surface area contributed by atoms with Gasteiger partial charge in [-0.1, -0.05) is 20.8 Å². The van der Waals surface area contributed by atoms with E-state index in [4.69, 9.17) is 9.73 Å². The Kier molecular flexibility index (Phi) is 8.26. The van der Waals surface area contributed by atoms with Crippen LogP contribution in [-0.4, -0.2) is 63.3 Å². The lowest BCUT2D eigenvalue weighted by Crippen LogP contribution is -2.47. The van der Waals surface area contributed by atoms with Crippen molar-refractivity contribution in [2.75, 3.05) is 40.8 Å². The lowest BCUT2D eigenvalue weighted by Gasteiger charge is -2.32. The molecule has 0 spiro atoms. The predicted molar refractivity (Wildman–Crippen MR) is 92.0 cm³/mol. The number of rotatable bonds is 7. The molecule has 0 aromatic heterocycles. The second-order valence-electron chi connectivity index (χ2n) is 7.37. The van der Waals surface area contributed by atoms with Gasteiger partial charge in [-0.2, -0.15) is 0 Å². The van der Waals surface area contributed by atoms with Crippen LogP contribution in [0, 0.1) is 5.41 Å². The second kappa shape index (κ2) is 8.59. The molecular formula is C16H36N4O. The molecule has 2 N–H and O–H groups in total. The zero-order chi connectivity index (χ0) is 16.7. The lowest BCUT2D eigenvalue weighted by atomic mass is 9.89. The molecule has 0 aliphatic carbocycles. The maximum Gasteiger partial charge on any atom is 0.191 e. The zero-order valence-corrected chi connectivity index (χ0v) is 15.5. The molecule has 0 radical (unpaired) electrons. The van der Waals surface area contributed by atoms with Crippen LogP contribution in [0.1, 0.15) is 41.5 Å². The number of ether oxygens (including phenoxy) is 1. The summed E-state index contributed by atoms with van der Waals surface area (Å²) in [7, 11) is 5.92. The zero-order valence-electron chi connectivity index (χ0n) is 15.5. The Hall–Kier alpha value is -0.810. The van der Waals surface area contributed by atoms with Crippen molar-refractivity contribution in [1.29, 1.82) is 0 Å². The maximum absolute atomic E-state index is 5.57.